The Morgan fingerprint density at radius 3 is 2.68 bits per heavy atom. The van der Waals surface area contributed by atoms with Gasteiger partial charge >= 0.3 is 0 Å². The molecule has 0 N–H and O–H groups in total. The maximum absolute atomic E-state index is 6.26. The van der Waals surface area contributed by atoms with Crippen LogP contribution in [0.25, 0.3) is 0 Å². The fraction of sp³-hybridized carbons (Fsp3) is 0.550. The summed E-state index contributed by atoms with van der Waals surface area (Å²) in [6, 6.07) is 5.57. The number of unbranched alkanes of at least 4 members (excludes halogenated alkanes) is 4. The Bertz CT molecular complexity index is 602. The van der Waals surface area contributed by atoms with E-state index in [0.717, 1.165) is 24.9 Å². The highest BCUT2D eigenvalue weighted by molar-refractivity contribution is 6.35. The Kier molecular flexibility index (Phi) is 9.38. The Hall–Kier alpha value is -1.03. The van der Waals surface area contributed by atoms with E-state index in [-0.39, 0.29) is 6.10 Å². The standard InChI is InChI=1S/C20H28Cl2N2O/c1-2-3-4-5-6-7-19(10-12-24-13-11-23-16-24)25-15-17-8-9-18(21)14-20(17)22/h8-9,11,13-14,16,19H,2-7,10,12,15H2,1H3. The number of ether oxygens (including phenoxy) is 1. The van der Waals surface area contributed by atoms with Gasteiger partial charge in [-0.3, -0.25) is 0 Å². The van der Waals surface area contributed by atoms with Crippen LogP contribution in [-0.4, -0.2) is 15.7 Å². The molecule has 3 nitrogen and oxygen atoms in total. The molecule has 0 amide bonds. The number of nitrogens with zero attached hydrogens (tertiary/aromatic N) is 2. The zero-order valence-corrected chi connectivity index (χ0v) is 16.5. The second-order valence-electron chi connectivity index (χ2n) is 6.46. The summed E-state index contributed by atoms with van der Waals surface area (Å²) in [6.45, 7) is 3.69. The molecule has 0 bridgehead atoms. The summed E-state index contributed by atoms with van der Waals surface area (Å²) >= 11 is 12.2. The summed E-state index contributed by atoms with van der Waals surface area (Å²) in [4.78, 5) is 4.10. The normalized spacial score (nSPS) is 12.4. The molecule has 1 aromatic carbocycles. The van der Waals surface area contributed by atoms with Gasteiger partial charge in [0.05, 0.1) is 19.0 Å². The monoisotopic (exact) mass is 382 g/mol. The van der Waals surface area contributed by atoms with Crippen LogP contribution in [0.5, 0.6) is 0 Å². The van der Waals surface area contributed by atoms with Crippen molar-refractivity contribution in [2.45, 2.75) is 71.1 Å². The minimum atomic E-state index is 0.232. The molecule has 0 radical (unpaired) electrons. The van der Waals surface area contributed by atoms with Gasteiger partial charge in [0.15, 0.2) is 0 Å². The van der Waals surface area contributed by atoms with Gasteiger partial charge in [-0.25, -0.2) is 4.98 Å². The van der Waals surface area contributed by atoms with Crippen LogP contribution in [0.15, 0.2) is 36.9 Å². The number of benzene rings is 1. The molecule has 1 unspecified atom stereocenters. The summed E-state index contributed by atoms with van der Waals surface area (Å²) in [5.41, 5.74) is 0.990. The van der Waals surface area contributed by atoms with Crippen molar-refractivity contribution >= 4 is 23.2 Å². The fourth-order valence-electron chi connectivity index (χ4n) is 2.84. The van der Waals surface area contributed by atoms with Crippen molar-refractivity contribution in [1.82, 2.24) is 9.55 Å². The first-order valence-corrected chi connectivity index (χ1v) is 9.96. The lowest BCUT2D eigenvalue weighted by molar-refractivity contribution is 0.0251. The number of rotatable bonds is 12. The van der Waals surface area contributed by atoms with Crippen LogP contribution in [0.4, 0.5) is 0 Å². The number of imidazole rings is 1. The first-order valence-electron chi connectivity index (χ1n) is 9.20. The molecule has 0 spiro atoms. The van der Waals surface area contributed by atoms with E-state index in [9.17, 15) is 0 Å². The summed E-state index contributed by atoms with van der Waals surface area (Å²) < 4.78 is 8.29. The highest BCUT2D eigenvalue weighted by atomic mass is 35.5. The maximum Gasteiger partial charge on any atom is 0.0945 e. The average molecular weight is 383 g/mol. The van der Waals surface area contributed by atoms with Crippen molar-refractivity contribution < 1.29 is 4.74 Å². The molecule has 5 heteroatoms. The SMILES string of the molecule is CCCCCCCC(CCn1ccnc1)OCc1ccc(Cl)cc1Cl. The molecule has 138 valence electrons. The van der Waals surface area contributed by atoms with E-state index < -0.39 is 0 Å². The number of halogens is 2. The first-order chi connectivity index (χ1) is 12.2. The topological polar surface area (TPSA) is 27.1 Å². The third-order valence-electron chi connectivity index (χ3n) is 4.39. The Morgan fingerprint density at radius 2 is 1.96 bits per heavy atom. The molecule has 2 aromatic rings. The molecule has 1 heterocycles. The van der Waals surface area contributed by atoms with Gasteiger partial charge in [-0.2, -0.15) is 0 Å². The minimum absolute atomic E-state index is 0.232. The zero-order chi connectivity index (χ0) is 17.9. The zero-order valence-electron chi connectivity index (χ0n) is 15.0. The molecule has 1 atom stereocenters. The van der Waals surface area contributed by atoms with Crippen molar-refractivity contribution in [1.29, 1.82) is 0 Å². The molecule has 0 fully saturated rings. The van der Waals surface area contributed by atoms with Crippen LogP contribution in [0.1, 0.15) is 57.4 Å². The van der Waals surface area contributed by atoms with E-state index in [1.54, 1.807) is 6.07 Å². The second-order valence-corrected chi connectivity index (χ2v) is 7.30. The molecule has 1 aromatic heterocycles. The van der Waals surface area contributed by atoms with Crippen molar-refractivity contribution in [3.63, 3.8) is 0 Å². The number of aromatic nitrogens is 2. The van der Waals surface area contributed by atoms with Crippen LogP contribution in [0.2, 0.25) is 10.0 Å². The van der Waals surface area contributed by atoms with Crippen molar-refractivity contribution in [2.75, 3.05) is 0 Å². The summed E-state index contributed by atoms with van der Waals surface area (Å²) in [5, 5.41) is 1.32. The van der Waals surface area contributed by atoms with Crippen LogP contribution in [0.3, 0.4) is 0 Å². The molecule has 0 saturated heterocycles. The quantitative estimate of drug-likeness (QED) is 0.390. The second kappa shape index (κ2) is 11.6. The van der Waals surface area contributed by atoms with E-state index in [4.69, 9.17) is 27.9 Å². The van der Waals surface area contributed by atoms with Gasteiger partial charge in [0.25, 0.3) is 0 Å². The van der Waals surface area contributed by atoms with Gasteiger partial charge in [0, 0.05) is 29.0 Å². The first kappa shape index (κ1) is 20.3. The van der Waals surface area contributed by atoms with Crippen LogP contribution in [-0.2, 0) is 17.9 Å². The lowest BCUT2D eigenvalue weighted by Crippen LogP contribution is -2.16. The Morgan fingerprint density at radius 1 is 1.12 bits per heavy atom. The summed E-state index contributed by atoms with van der Waals surface area (Å²) in [7, 11) is 0. The van der Waals surface area contributed by atoms with E-state index >= 15 is 0 Å². The highest BCUT2D eigenvalue weighted by Crippen LogP contribution is 2.23. The third-order valence-corrected chi connectivity index (χ3v) is 4.97. The van der Waals surface area contributed by atoms with Gasteiger partial charge in [-0.05, 0) is 30.5 Å². The van der Waals surface area contributed by atoms with E-state index in [0.29, 0.717) is 16.7 Å². The van der Waals surface area contributed by atoms with Crippen molar-refractivity contribution in [2.24, 2.45) is 0 Å². The van der Waals surface area contributed by atoms with Gasteiger partial charge in [-0.15, -0.1) is 0 Å². The van der Waals surface area contributed by atoms with E-state index in [1.165, 1.54) is 32.1 Å². The Labute approximate surface area is 161 Å². The molecule has 25 heavy (non-hydrogen) atoms. The minimum Gasteiger partial charge on any atom is -0.373 e. The molecule has 0 aliphatic rings. The number of hydrogen-bond acceptors (Lipinski definition) is 2. The molecule has 0 aliphatic heterocycles. The fourth-order valence-corrected chi connectivity index (χ4v) is 3.31. The maximum atomic E-state index is 6.26. The molecule has 0 saturated carbocycles. The predicted octanol–water partition coefficient (Wildman–Crippen LogP) is 6.53. The Balaban J connectivity index is 1.83. The average Bonchev–Trinajstić information content (AvgIpc) is 3.11. The lowest BCUT2D eigenvalue weighted by Gasteiger charge is -2.19. The smallest absolute Gasteiger partial charge is 0.0945 e. The van der Waals surface area contributed by atoms with Gasteiger partial charge < -0.3 is 9.30 Å². The number of aryl methyl sites for hydroxylation is 1. The largest absolute Gasteiger partial charge is 0.373 e. The van der Waals surface area contributed by atoms with Gasteiger partial charge in [-0.1, -0.05) is 68.3 Å². The van der Waals surface area contributed by atoms with E-state index in [1.807, 2.05) is 30.9 Å². The van der Waals surface area contributed by atoms with Crippen LogP contribution >= 0.6 is 23.2 Å². The molecule has 0 aliphatic carbocycles. The van der Waals surface area contributed by atoms with Crippen LogP contribution in [0, 0.1) is 0 Å². The summed E-state index contributed by atoms with van der Waals surface area (Å²) in [5.74, 6) is 0. The molecule has 2 rings (SSSR count). The van der Waals surface area contributed by atoms with Crippen LogP contribution < -0.4 is 0 Å². The lowest BCUT2D eigenvalue weighted by atomic mass is 10.1. The van der Waals surface area contributed by atoms with Gasteiger partial charge in [0.2, 0.25) is 0 Å². The summed E-state index contributed by atoms with van der Waals surface area (Å²) in [6.07, 6.45) is 14.4. The predicted molar refractivity (Wildman–Crippen MR) is 105 cm³/mol. The van der Waals surface area contributed by atoms with Crippen molar-refractivity contribution in [3.05, 3.63) is 52.5 Å². The molecular weight excluding hydrogens is 355 g/mol. The third kappa shape index (κ3) is 7.81. The molecular formula is C20H28Cl2N2O. The van der Waals surface area contributed by atoms with E-state index in [2.05, 4.69) is 16.5 Å². The number of hydrogen-bond donors (Lipinski definition) is 0. The van der Waals surface area contributed by atoms with Crippen molar-refractivity contribution in [3.8, 4) is 0 Å². The van der Waals surface area contributed by atoms with Gasteiger partial charge in [0.1, 0.15) is 0 Å². The highest BCUT2D eigenvalue weighted by Gasteiger charge is 2.11.